The number of rotatable bonds is 3. The van der Waals surface area contributed by atoms with E-state index in [0.717, 1.165) is 0 Å². The number of carbonyl (C=O) groups is 1. The molecule has 54 valence electrons. The number of hydrogen-bond donors (Lipinski definition) is 0. The molecule has 2 nitrogen and oxygen atoms in total. The van der Waals surface area contributed by atoms with Gasteiger partial charge in [0.1, 0.15) is 11.4 Å². The fourth-order valence-corrected chi connectivity index (χ4v) is 0.548. The first-order valence-electron chi connectivity index (χ1n) is 2.55. The summed E-state index contributed by atoms with van der Waals surface area (Å²) in [5.41, 5.74) is 0. The number of carbonyl (C=O) groups excluding carboxylic acids is 1. The van der Waals surface area contributed by atoms with Crippen molar-refractivity contribution in [1.29, 1.82) is 0 Å². The molecule has 4 heteroatoms. The van der Waals surface area contributed by atoms with Gasteiger partial charge in [-0.05, 0) is 6.92 Å². The Kier molecular flexibility index (Phi) is 5.48. The molecule has 0 aliphatic rings. The summed E-state index contributed by atoms with van der Waals surface area (Å²) < 4.78 is 4.72. The van der Waals surface area contributed by atoms with E-state index in [0.29, 0.717) is 11.9 Å². The lowest BCUT2D eigenvalue weighted by atomic mass is 10.5. The average Bonchev–Trinajstić information content (AvgIpc) is 1.82. The first kappa shape index (κ1) is 9.43. The largest absolute Gasteiger partial charge is 0.464 e. The van der Waals surface area contributed by atoms with Gasteiger partial charge in [0.2, 0.25) is 0 Å². The molecule has 0 amide bonds. The van der Waals surface area contributed by atoms with Crippen molar-refractivity contribution in [2.24, 2.45) is 0 Å². The predicted molar refractivity (Wildman–Crippen MR) is 43.1 cm³/mol. The summed E-state index contributed by atoms with van der Waals surface area (Å²) in [7, 11) is 0. The molecular weight excluding hydrogens is 252 g/mol. The van der Waals surface area contributed by atoms with E-state index in [2.05, 4.69) is 31.9 Å². The fraction of sp³-hybridized carbons (Fsp3) is 0.800. The van der Waals surface area contributed by atoms with Gasteiger partial charge in [0.15, 0.2) is 0 Å². The van der Waals surface area contributed by atoms with Crippen LogP contribution in [0.1, 0.15) is 6.92 Å². The highest BCUT2D eigenvalue weighted by Gasteiger charge is 2.08. The Balaban J connectivity index is 3.28. The lowest BCUT2D eigenvalue weighted by molar-refractivity contribution is -0.141. The molecule has 0 fully saturated rings. The molecule has 0 radical (unpaired) electrons. The summed E-state index contributed by atoms with van der Waals surface area (Å²) in [4.78, 5) is 10.4. The van der Waals surface area contributed by atoms with E-state index >= 15 is 0 Å². The van der Waals surface area contributed by atoms with E-state index in [4.69, 9.17) is 4.74 Å². The minimum Gasteiger partial charge on any atom is -0.464 e. The van der Waals surface area contributed by atoms with Gasteiger partial charge in [0, 0.05) is 5.33 Å². The highest BCUT2D eigenvalue weighted by atomic mass is 79.9. The Morgan fingerprint density at radius 3 is 2.67 bits per heavy atom. The second kappa shape index (κ2) is 5.23. The second-order valence-corrected chi connectivity index (χ2v) is 3.64. The van der Waals surface area contributed by atoms with Gasteiger partial charge in [0.25, 0.3) is 0 Å². The first-order valence-corrected chi connectivity index (χ1v) is 4.59. The number of esters is 1. The van der Waals surface area contributed by atoms with Crippen LogP contribution < -0.4 is 0 Å². The summed E-state index contributed by atoms with van der Waals surface area (Å²) in [6.45, 7) is 2.17. The van der Waals surface area contributed by atoms with Crippen LogP contribution >= 0.6 is 31.9 Å². The highest BCUT2D eigenvalue weighted by Crippen LogP contribution is 1.99. The van der Waals surface area contributed by atoms with E-state index in [9.17, 15) is 4.79 Å². The van der Waals surface area contributed by atoms with Crippen LogP contribution in [0.2, 0.25) is 0 Å². The van der Waals surface area contributed by atoms with Crippen molar-refractivity contribution in [3.8, 4) is 0 Å². The smallest absolute Gasteiger partial charge is 0.319 e. The molecule has 9 heavy (non-hydrogen) atoms. The van der Waals surface area contributed by atoms with Crippen molar-refractivity contribution in [2.75, 3.05) is 11.9 Å². The number of hydrogen-bond acceptors (Lipinski definition) is 2. The topological polar surface area (TPSA) is 26.3 Å². The number of ether oxygens (including phenoxy) is 1. The molecule has 0 spiro atoms. The zero-order chi connectivity index (χ0) is 7.28. The molecule has 0 aliphatic carbocycles. The van der Waals surface area contributed by atoms with Crippen LogP contribution in [0, 0.1) is 0 Å². The van der Waals surface area contributed by atoms with Gasteiger partial charge in [-0.1, -0.05) is 31.9 Å². The SMILES string of the molecule is CC(Br)C(=O)OCCBr. The predicted octanol–water partition coefficient (Wildman–Crippen LogP) is 1.71. The van der Waals surface area contributed by atoms with Crippen LogP contribution in [0.15, 0.2) is 0 Å². The first-order chi connectivity index (χ1) is 4.18. The van der Waals surface area contributed by atoms with Gasteiger partial charge in [-0.3, -0.25) is 4.79 Å². The van der Waals surface area contributed by atoms with E-state index < -0.39 is 0 Å². The van der Waals surface area contributed by atoms with Gasteiger partial charge in [0.05, 0.1) is 0 Å². The molecule has 0 aromatic heterocycles. The maximum absolute atomic E-state index is 10.6. The van der Waals surface area contributed by atoms with E-state index in [1.165, 1.54) is 0 Å². The lowest BCUT2D eigenvalue weighted by Crippen LogP contribution is -2.14. The van der Waals surface area contributed by atoms with Crippen molar-refractivity contribution in [2.45, 2.75) is 11.8 Å². The molecule has 0 N–H and O–H groups in total. The van der Waals surface area contributed by atoms with Crippen LogP contribution in [-0.2, 0) is 9.53 Å². The molecule has 0 heterocycles. The van der Waals surface area contributed by atoms with Crippen LogP contribution in [0.25, 0.3) is 0 Å². The average molecular weight is 260 g/mol. The molecule has 0 aromatic carbocycles. The summed E-state index contributed by atoms with van der Waals surface area (Å²) in [6.07, 6.45) is 0. The van der Waals surface area contributed by atoms with E-state index in [-0.39, 0.29) is 10.8 Å². The van der Waals surface area contributed by atoms with Crippen LogP contribution in [-0.4, -0.2) is 22.7 Å². The third-order valence-electron chi connectivity index (χ3n) is 0.646. The van der Waals surface area contributed by atoms with Crippen molar-refractivity contribution in [1.82, 2.24) is 0 Å². The Morgan fingerprint density at radius 2 is 2.33 bits per heavy atom. The van der Waals surface area contributed by atoms with Crippen molar-refractivity contribution >= 4 is 37.8 Å². The van der Waals surface area contributed by atoms with Crippen molar-refractivity contribution < 1.29 is 9.53 Å². The molecular formula is C5H8Br2O2. The van der Waals surface area contributed by atoms with E-state index in [1.54, 1.807) is 6.92 Å². The second-order valence-electron chi connectivity index (χ2n) is 1.47. The molecule has 1 unspecified atom stereocenters. The molecule has 0 aromatic rings. The standard InChI is InChI=1S/C5H8Br2O2/c1-4(7)5(8)9-3-2-6/h4H,2-3H2,1H3. The molecule has 0 bridgehead atoms. The van der Waals surface area contributed by atoms with Gasteiger partial charge in [-0.15, -0.1) is 0 Å². The summed E-state index contributed by atoms with van der Waals surface area (Å²) >= 11 is 6.21. The van der Waals surface area contributed by atoms with Crippen molar-refractivity contribution in [3.05, 3.63) is 0 Å². The normalized spacial score (nSPS) is 12.8. The minimum atomic E-state index is -0.213. The highest BCUT2D eigenvalue weighted by molar-refractivity contribution is 9.10. The third kappa shape index (κ3) is 4.90. The number of halogens is 2. The minimum absolute atomic E-state index is 0.198. The zero-order valence-electron chi connectivity index (χ0n) is 5.06. The monoisotopic (exact) mass is 258 g/mol. The Labute approximate surface area is 71.2 Å². The maximum atomic E-state index is 10.6. The van der Waals surface area contributed by atoms with Gasteiger partial charge in [-0.2, -0.15) is 0 Å². The Morgan fingerprint density at radius 1 is 1.78 bits per heavy atom. The van der Waals surface area contributed by atoms with Gasteiger partial charge in [-0.25, -0.2) is 0 Å². The van der Waals surface area contributed by atoms with Crippen LogP contribution in [0.4, 0.5) is 0 Å². The van der Waals surface area contributed by atoms with Gasteiger partial charge >= 0.3 is 5.97 Å². The Bertz CT molecular complexity index is 93.0. The summed E-state index contributed by atoms with van der Waals surface area (Å²) in [5, 5.41) is 0.693. The molecule has 0 saturated heterocycles. The Hall–Kier alpha value is 0.430. The quantitative estimate of drug-likeness (QED) is 0.570. The summed E-state index contributed by atoms with van der Waals surface area (Å²) in [5.74, 6) is -0.213. The maximum Gasteiger partial charge on any atom is 0.319 e. The molecule has 1 atom stereocenters. The third-order valence-corrected chi connectivity index (χ3v) is 1.34. The zero-order valence-corrected chi connectivity index (χ0v) is 8.24. The lowest BCUT2D eigenvalue weighted by Gasteiger charge is -2.02. The van der Waals surface area contributed by atoms with Crippen LogP contribution in [0.5, 0.6) is 0 Å². The molecule has 0 rings (SSSR count). The van der Waals surface area contributed by atoms with E-state index in [1.807, 2.05) is 0 Å². The summed E-state index contributed by atoms with van der Waals surface area (Å²) in [6, 6.07) is 0. The molecule has 0 saturated carbocycles. The fourth-order valence-electron chi connectivity index (χ4n) is 0.254. The van der Waals surface area contributed by atoms with Gasteiger partial charge < -0.3 is 4.74 Å². The van der Waals surface area contributed by atoms with Crippen LogP contribution in [0.3, 0.4) is 0 Å². The molecule has 0 aliphatic heterocycles. The van der Waals surface area contributed by atoms with Crippen molar-refractivity contribution in [3.63, 3.8) is 0 Å². The number of alkyl halides is 2.